The Labute approximate surface area is 215 Å². The molecule has 0 saturated heterocycles. The summed E-state index contributed by atoms with van der Waals surface area (Å²) in [5, 5.41) is 5.25. The van der Waals surface area contributed by atoms with Crippen molar-refractivity contribution in [3.05, 3.63) is 144 Å². The average Bonchev–Trinajstić information content (AvgIpc) is 2.98. The van der Waals surface area contributed by atoms with Gasteiger partial charge in [-0.05, 0) is 24.3 Å². The molecule has 0 unspecified atom stereocenters. The predicted molar refractivity (Wildman–Crippen MR) is 148 cm³/mol. The Balaban J connectivity index is 1.64. The van der Waals surface area contributed by atoms with Gasteiger partial charge < -0.3 is 14.8 Å². The highest BCUT2D eigenvalue weighted by molar-refractivity contribution is 6.13. The maximum atomic E-state index is 13.3. The number of carbonyl (C=O) groups is 1. The number of nitrogens with one attached hydrogen (secondary N) is 1. The third-order valence-electron chi connectivity index (χ3n) is 6.79. The molecule has 0 aliphatic carbocycles. The number of ether oxygens (including phenoxy) is 2. The number of hydrogen-bond acceptors (Lipinski definition) is 4. The zero-order valence-corrected chi connectivity index (χ0v) is 20.3. The van der Waals surface area contributed by atoms with E-state index >= 15 is 0 Å². The molecule has 1 N–H and O–H groups in total. The number of anilines is 2. The normalized spacial score (nSPS) is 13.4. The SMILES string of the molecule is COC(=O)c1c2c(c3ccccc3c1Nc1ccccc1)OC(c1ccccc1)(c1ccccc1)C=C2. The van der Waals surface area contributed by atoms with Crippen LogP contribution in [0, 0.1) is 0 Å². The van der Waals surface area contributed by atoms with Gasteiger partial charge in [-0.25, -0.2) is 4.79 Å². The van der Waals surface area contributed by atoms with E-state index in [0.717, 1.165) is 27.6 Å². The molecule has 37 heavy (non-hydrogen) atoms. The van der Waals surface area contributed by atoms with Crippen molar-refractivity contribution in [1.29, 1.82) is 0 Å². The van der Waals surface area contributed by atoms with Crippen LogP contribution in [-0.4, -0.2) is 13.1 Å². The van der Waals surface area contributed by atoms with Crippen molar-refractivity contribution in [3.63, 3.8) is 0 Å². The van der Waals surface area contributed by atoms with Gasteiger partial charge in [0.05, 0.1) is 18.4 Å². The van der Waals surface area contributed by atoms with E-state index in [9.17, 15) is 4.79 Å². The minimum Gasteiger partial charge on any atom is -0.472 e. The molecule has 4 heteroatoms. The van der Waals surface area contributed by atoms with Crippen LogP contribution in [0.4, 0.5) is 11.4 Å². The summed E-state index contributed by atoms with van der Waals surface area (Å²) >= 11 is 0. The molecule has 1 heterocycles. The Morgan fingerprint density at radius 2 is 1.27 bits per heavy atom. The third kappa shape index (κ3) is 3.83. The minimum atomic E-state index is -0.861. The zero-order chi connectivity index (χ0) is 25.2. The molecule has 0 bridgehead atoms. The summed E-state index contributed by atoms with van der Waals surface area (Å²) in [5.41, 5.74) is 3.82. The van der Waals surface area contributed by atoms with Crippen molar-refractivity contribution in [2.24, 2.45) is 0 Å². The standard InChI is InChI=1S/C33H25NO3/c1-36-32(35)29-28-21-22-33(23-13-5-2-6-14-23,24-15-7-3-8-16-24)37-31(28)27-20-12-11-19-26(27)30(29)34-25-17-9-4-10-18-25/h2-22,34H,1H3. The van der Waals surface area contributed by atoms with Crippen molar-refractivity contribution in [1.82, 2.24) is 0 Å². The van der Waals surface area contributed by atoms with Gasteiger partial charge in [0, 0.05) is 33.2 Å². The Bertz CT molecular complexity index is 1570. The molecule has 1 aliphatic rings. The summed E-state index contributed by atoms with van der Waals surface area (Å²) in [4.78, 5) is 13.3. The quantitative estimate of drug-likeness (QED) is 0.260. The first kappa shape index (κ1) is 22.6. The predicted octanol–water partition coefficient (Wildman–Crippen LogP) is 7.72. The second kappa shape index (κ2) is 9.32. The topological polar surface area (TPSA) is 47.6 Å². The van der Waals surface area contributed by atoms with Gasteiger partial charge >= 0.3 is 5.97 Å². The summed E-state index contributed by atoms with van der Waals surface area (Å²) in [6.07, 6.45) is 4.03. The number of rotatable bonds is 5. The highest BCUT2D eigenvalue weighted by Crippen LogP contribution is 2.49. The van der Waals surface area contributed by atoms with Gasteiger partial charge in [0.2, 0.25) is 0 Å². The number of benzene rings is 5. The fourth-order valence-electron chi connectivity index (χ4n) is 5.05. The molecule has 0 spiro atoms. The van der Waals surface area contributed by atoms with E-state index in [1.807, 2.05) is 103 Å². The molecule has 0 radical (unpaired) electrons. The van der Waals surface area contributed by atoms with Gasteiger partial charge in [0.25, 0.3) is 0 Å². The van der Waals surface area contributed by atoms with Gasteiger partial charge in [-0.1, -0.05) is 103 Å². The van der Waals surface area contributed by atoms with Crippen molar-refractivity contribution >= 4 is 34.2 Å². The van der Waals surface area contributed by atoms with Crippen molar-refractivity contribution in [3.8, 4) is 5.75 Å². The lowest BCUT2D eigenvalue weighted by Crippen LogP contribution is -2.34. The lowest BCUT2D eigenvalue weighted by molar-refractivity contribution is 0.0600. The Kier molecular flexibility index (Phi) is 5.70. The largest absolute Gasteiger partial charge is 0.472 e. The monoisotopic (exact) mass is 483 g/mol. The molecule has 5 aromatic carbocycles. The summed E-state index contributed by atoms with van der Waals surface area (Å²) in [5.74, 6) is 0.213. The number of fused-ring (bicyclic) bond motifs is 3. The number of hydrogen-bond donors (Lipinski definition) is 1. The Hall–Kier alpha value is -4.83. The van der Waals surface area contributed by atoms with Crippen LogP contribution in [0.25, 0.3) is 16.8 Å². The highest BCUT2D eigenvalue weighted by atomic mass is 16.5. The first-order valence-electron chi connectivity index (χ1n) is 12.2. The van der Waals surface area contributed by atoms with Crippen molar-refractivity contribution < 1.29 is 14.3 Å². The maximum absolute atomic E-state index is 13.3. The van der Waals surface area contributed by atoms with Crippen LogP contribution in [0.5, 0.6) is 5.75 Å². The van der Waals surface area contributed by atoms with Crippen LogP contribution >= 0.6 is 0 Å². The van der Waals surface area contributed by atoms with Crippen LogP contribution in [-0.2, 0) is 10.3 Å². The molecule has 4 nitrogen and oxygen atoms in total. The third-order valence-corrected chi connectivity index (χ3v) is 6.79. The van der Waals surface area contributed by atoms with Gasteiger partial charge in [0.1, 0.15) is 5.75 Å². The van der Waals surface area contributed by atoms with Gasteiger partial charge in [-0.2, -0.15) is 0 Å². The number of esters is 1. The van der Waals surface area contributed by atoms with Crippen LogP contribution in [0.3, 0.4) is 0 Å². The smallest absolute Gasteiger partial charge is 0.340 e. The fraction of sp³-hybridized carbons (Fsp3) is 0.0606. The number of para-hydroxylation sites is 1. The summed E-state index contributed by atoms with van der Waals surface area (Å²) in [7, 11) is 1.40. The van der Waals surface area contributed by atoms with E-state index in [0.29, 0.717) is 22.6 Å². The first-order valence-corrected chi connectivity index (χ1v) is 12.2. The highest BCUT2D eigenvalue weighted by Gasteiger charge is 2.39. The minimum absolute atomic E-state index is 0.430. The zero-order valence-electron chi connectivity index (χ0n) is 20.3. The van der Waals surface area contributed by atoms with Gasteiger partial charge in [-0.3, -0.25) is 0 Å². The van der Waals surface area contributed by atoms with Gasteiger partial charge in [-0.15, -0.1) is 0 Å². The molecule has 0 fully saturated rings. The van der Waals surface area contributed by atoms with Crippen molar-refractivity contribution in [2.75, 3.05) is 12.4 Å². The molecule has 5 aromatic rings. The van der Waals surface area contributed by atoms with E-state index in [-0.39, 0.29) is 0 Å². The maximum Gasteiger partial charge on any atom is 0.340 e. The molecule has 180 valence electrons. The molecular formula is C33H25NO3. The molecule has 0 aromatic heterocycles. The van der Waals surface area contributed by atoms with E-state index < -0.39 is 11.6 Å². The van der Waals surface area contributed by atoms with Gasteiger partial charge in [0.15, 0.2) is 5.60 Å². The Morgan fingerprint density at radius 3 is 1.86 bits per heavy atom. The Morgan fingerprint density at radius 1 is 0.730 bits per heavy atom. The first-order chi connectivity index (χ1) is 18.2. The molecule has 0 atom stereocenters. The molecule has 0 saturated carbocycles. The van der Waals surface area contributed by atoms with Crippen LogP contribution < -0.4 is 10.1 Å². The van der Waals surface area contributed by atoms with E-state index in [4.69, 9.17) is 9.47 Å². The van der Waals surface area contributed by atoms with E-state index in [2.05, 4.69) is 29.6 Å². The second-order valence-electron chi connectivity index (χ2n) is 8.92. The lowest BCUT2D eigenvalue weighted by atomic mass is 9.82. The fourth-order valence-corrected chi connectivity index (χ4v) is 5.05. The number of methoxy groups -OCH3 is 1. The lowest BCUT2D eigenvalue weighted by Gasteiger charge is -2.37. The van der Waals surface area contributed by atoms with Crippen molar-refractivity contribution in [2.45, 2.75) is 5.60 Å². The molecule has 6 rings (SSSR count). The average molecular weight is 484 g/mol. The summed E-state index contributed by atoms with van der Waals surface area (Å²) < 4.78 is 12.3. The summed E-state index contributed by atoms with van der Waals surface area (Å²) in [6.45, 7) is 0. The summed E-state index contributed by atoms with van der Waals surface area (Å²) in [6, 6.07) is 38.1. The molecule has 0 amide bonds. The molecule has 1 aliphatic heterocycles. The van der Waals surface area contributed by atoms with Crippen LogP contribution in [0.2, 0.25) is 0 Å². The van der Waals surface area contributed by atoms with Crippen LogP contribution in [0.1, 0.15) is 27.0 Å². The second-order valence-corrected chi connectivity index (χ2v) is 8.92. The molecular weight excluding hydrogens is 458 g/mol. The van der Waals surface area contributed by atoms with E-state index in [1.165, 1.54) is 7.11 Å². The van der Waals surface area contributed by atoms with E-state index in [1.54, 1.807) is 0 Å². The van der Waals surface area contributed by atoms with Crippen LogP contribution in [0.15, 0.2) is 121 Å². The number of carbonyl (C=O) groups excluding carboxylic acids is 1.